The number of benzene rings is 2. The molecule has 34 heavy (non-hydrogen) atoms. The number of thiazole rings is 1. The number of carbonyl (C=O) groups excluding carboxylic acids is 2. The van der Waals surface area contributed by atoms with Gasteiger partial charge in [-0.15, -0.1) is 11.3 Å². The van der Waals surface area contributed by atoms with Crippen LogP contribution in [0.15, 0.2) is 53.9 Å². The maximum Gasteiger partial charge on any atom is 0.271 e. The molecule has 1 saturated carbocycles. The van der Waals surface area contributed by atoms with E-state index in [0.717, 1.165) is 47.6 Å². The second kappa shape index (κ2) is 11.2. The van der Waals surface area contributed by atoms with E-state index < -0.39 is 0 Å². The highest BCUT2D eigenvalue weighted by molar-refractivity contribution is 7.09. The lowest BCUT2D eigenvalue weighted by molar-refractivity contribution is -0.121. The van der Waals surface area contributed by atoms with Crippen molar-refractivity contribution < 1.29 is 18.7 Å². The summed E-state index contributed by atoms with van der Waals surface area (Å²) in [6, 6.07) is 13.4. The Hall–Kier alpha value is -3.26. The van der Waals surface area contributed by atoms with E-state index in [4.69, 9.17) is 4.74 Å². The topological polar surface area (TPSA) is 80.3 Å². The molecule has 1 fully saturated rings. The highest BCUT2D eigenvalue weighted by Gasteiger charge is 2.28. The molecule has 0 aliphatic heterocycles. The number of halogens is 1. The van der Waals surface area contributed by atoms with Crippen LogP contribution in [0, 0.1) is 12.7 Å². The number of nitrogens with zero attached hydrogens (tertiary/aromatic N) is 1. The van der Waals surface area contributed by atoms with Crippen LogP contribution in [0.1, 0.15) is 52.3 Å². The van der Waals surface area contributed by atoms with E-state index in [1.807, 2.05) is 31.2 Å². The lowest BCUT2D eigenvalue weighted by atomic mass is 9.90. The summed E-state index contributed by atoms with van der Waals surface area (Å²) in [5.41, 5.74) is 2.26. The van der Waals surface area contributed by atoms with Crippen LogP contribution in [0.2, 0.25) is 0 Å². The number of hydrogen-bond donors (Lipinski definition) is 2. The van der Waals surface area contributed by atoms with Crippen LogP contribution in [0.5, 0.6) is 5.75 Å². The van der Waals surface area contributed by atoms with Gasteiger partial charge in [0.25, 0.3) is 5.91 Å². The molecule has 2 atom stereocenters. The number of rotatable bonds is 8. The smallest absolute Gasteiger partial charge is 0.271 e. The molecule has 0 spiro atoms. The summed E-state index contributed by atoms with van der Waals surface area (Å²) in [5.74, 6) is 0.0452. The molecule has 2 amide bonds. The lowest BCUT2D eigenvalue weighted by Crippen LogP contribution is -2.53. The third-order valence-corrected chi connectivity index (χ3v) is 6.70. The van der Waals surface area contributed by atoms with Crippen LogP contribution < -0.4 is 15.4 Å². The summed E-state index contributed by atoms with van der Waals surface area (Å²) in [6.07, 6.45) is 3.74. The molecule has 6 nitrogen and oxygen atoms in total. The summed E-state index contributed by atoms with van der Waals surface area (Å²) >= 11 is 1.38. The van der Waals surface area contributed by atoms with Gasteiger partial charge in [-0.1, -0.05) is 42.7 Å². The SMILES string of the molecule is Cc1ccc(OCc2nc(C(=O)NC3CCCCC3NC(=O)Cc3ccc(F)cc3)cs2)cc1. The first-order valence-corrected chi connectivity index (χ1v) is 12.3. The van der Waals surface area contributed by atoms with Gasteiger partial charge in [0.1, 0.15) is 28.9 Å². The average molecular weight is 482 g/mol. The van der Waals surface area contributed by atoms with Crippen LogP contribution >= 0.6 is 11.3 Å². The Labute approximate surface area is 202 Å². The predicted molar refractivity (Wildman–Crippen MR) is 129 cm³/mol. The Kier molecular flexibility index (Phi) is 7.90. The van der Waals surface area contributed by atoms with Crippen molar-refractivity contribution in [1.29, 1.82) is 0 Å². The highest BCUT2D eigenvalue weighted by Crippen LogP contribution is 2.21. The molecule has 1 aliphatic carbocycles. The first-order chi connectivity index (χ1) is 16.5. The van der Waals surface area contributed by atoms with Crippen molar-refractivity contribution in [1.82, 2.24) is 15.6 Å². The maximum absolute atomic E-state index is 13.1. The van der Waals surface area contributed by atoms with Crippen LogP contribution in [0.3, 0.4) is 0 Å². The molecule has 1 heterocycles. The largest absolute Gasteiger partial charge is 0.486 e. The number of amides is 2. The fraction of sp³-hybridized carbons (Fsp3) is 0.346. The number of carbonyl (C=O) groups is 2. The van der Waals surface area contributed by atoms with E-state index in [1.165, 1.54) is 23.5 Å². The van der Waals surface area contributed by atoms with Gasteiger partial charge >= 0.3 is 0 Å². The van der Waals surface area contributed by atoms with Gasteiger partial charge in [-0.3, -0.25) is 9.59 Å². The number of aromatic nitrogens is 1. The molecule has 0 bridgehead atoms. The van der Waals surface area contributed by atoms with Gasteiger partial charge in [-0.25, -0.2) is 9.37 Å². The summed E-state index contributed by atoms with van der Waals surface area (Å²) in [6.45, 7) is 2.32. The van der Waals surface area contributed by atoms with E-state index in [2.05, 4.69) is 15.6 Å². The fourth-order valence-electron chi connectivity index (χ4n) is 4.03. The van der Waals surface area contributed by atoms with Gasteiger partial charge in [0.2, 0.25) is 5.91 Å². The standard InChI is InChI=1S/C26H28FN3O3S/c1-17-6-12-20(13-7-17)33-15-25-29-23(16-34-25)26(32)30-22-5-3-2-4-21(22)28-24(31)14-18-8-10-19(27)11-9-18/h6-13,16,21-22H,2-5,14-15H2,1H3,(H,28,31)(H,30,32). The quantitative estimate of drug-likeness (QED) is 0.494. The minimum absolute atomic E-state index is 0.137. The van der Waals surface area contributed by atoms with E-state index in [-0.39, 0.29) is 36.1 Å². The van der Waals surface area contributed by atoms with Gasteiger partial charge in [0.05, 0.1) is 6.42 Å². The monoisotopic (exact) mass is 481 g/mol. The van der Waals surface area contributed by atoms with Crippen LogP contribution in [0.4, 0.5) is 4.39 Å². The molecular weight excluding hydrogens is 453 g/mol. The van der Waals surface area contributed by atoms with E-state index >= 15 is 0 Å². The van der Waals surface area contributed by atoms with E-state index in [0.29, 0.717) is 12.3 Å². The van der Waals surface area contributed by atoms with Gasteiger partial charge in [0, 0.05) is 17.5 Å². The molecule has 2 unspecified atom stereocenters. The number of nitrogens with one attached hydrogen (secondary N) is 2. The van der Waals surface area contributed by atoms with Crippen molar-refractivity contribution in [2.75, 3.05) is 0 Å². The Balaban J connectivity index is 1.30. The Bertz CT molecular complexity index is 1120. The van der Waals surface area contributed by atoms with Crippen molar-refractivity contribution in [2.24, 2.45) is 0 Å². The van der Waals surface area contributed by atoms with Crippen molar-refractivity contribution in [3.63, 3.8) is 0 Å². The number of aryl methyl sites for hydroxylation is 1. The molecule has 8 heteroatoms. The van der Waals surface area contributed by atoms with Crippen molar-refractivity contribution in [3.8, 4) is 5.75 Å². The molecule has 1 aliphatic rings. The van der Waals surface area contributed by atoms with E-state index in [9.17, 15) is 14.0 Å². The molecule has 1 aromatic heterocycles. The number of ether oxygens (including phenoxy) is 1. The van der Waals surface area contributed by atoms with Crippen LogP contribution in [0.25, 0.3) is 0 Å². The first kappa shape index (κ1) is 23.9. The van der Waals surface area contributed by atoms with Gasteiger partial charge in [0.15, 0.2) is 0 Å². The molecule has 2 aromatic carbocycles. The molecule has 3 aromatic rings. The zero-order valence-corrected chi connectivity index (χ0v) is 19.9. The molecule has 2 N–H and O–H groups in total. The number of hydrogen-bond acceptors (Lipinski definition) is 5. The van der Waals surface area contributed by atoms with Crippen molar-refractivity contribution in [3.05, 3.63) is 81.6 Å². The first-order valence-electron chi connectivity index (χ1n) is 11.4. The minimum atomic E-state index is -0.328. The average Bonchev–Trinajstić information content (AvgIpc) is 3.31. The summed E-state index contributed by atoms with van der Waals surface area (Å²) in [4.78, 5) is 29.8. The Morgan fingerprint density at radius 1 is 1.03 bits per heavy atom. The van der Waals surface area contributed by atoms with Crippen LogP contribution in [-0.4, -0.2) is 28.9 Å². The van der Waals surface area contributed by atoms with E-state index in [1.54, 1.807) is 17.5 Å². The van der Waals surface area contributed by atoms with Crippen LogP contribution in [-0.2, 0) is 17.8 Å². The maximum atomic E-state index is 13.1. The summed E-state index contributed by atoms with van der Waals surface area (Å²) < 4.78 is 18.8. The summed E-state index contributed by atoms with van der Waals surface area (Å²) in [5, 5.41) is 8.56. The predicted octanol–water partition coefficient (Wildman–Crippen LogP) is 4.57. The zero-order valence-electron chi connectivity index (χ0n) is 19.1. The molecular formula is C26H28FN3O3S. The second-order valence-electron chi connectivity index (χ2n) is 8.57. The Morgan fingerprint density at radius 3 is 2.41 bits per heavy atom. The Morgan fingerprint density at radius 2 is 1.71 bits per heavy atom. The fourth-order valence-corrected chi connectivity index (χ4v) is 4.71. The third-order valence-electron chi connectivity index (χ3n) is 5.87. The zero-order chi connectivity index (χ0) is 23.9. The van der Waals surface area contributed by atoms with Gasteiger partial charge < -0.3 is 15.4 Å². The van der Waals surface area contributed by atoms with Crippen molar-refractivity contribution in [2.45, 2.75) is 57.7 Å². The normalized spacial score (nSPS) is 17.7. The van der Waals surface area contributed by atoms with Gasteiger partial charge in [-0.05, 0) is 49.6 Å². The highest BCUT2D eigenvalue weighted by atomic mass is 32.1. The third kappa shape index (κ3) is 6.63. The second-order valence-corrected chi connectivity index (χ2v) is 9.51. The summed E-state index contributed by atoms with van der Waals surface area (Å²) in [7, 11) is 0. The molecule has 178 valence electrons. The molecule has 0 saturated heterocycles. The minimum Gasteiger partial charge on any atom is -0.486 e. The molecule has 4 rings (SSSR count). The van der Waals surface area contributed by atoms with Gasteiger partial charge in [-0.2, -0.15) is 0 Å². The van der Waals surface area contributed by atoms with Crippen molar-refractivity contribution >= 4 is 23.2 Å². The molecule has 0 radical (unpaired) electrons. The lowest BCUT2D eigenvalue weighted by Gasteiger charge is -2.32.